The second-order valence-corrected chi connectivity index (χ2v) is 6.20. The van der Waals surface area contributed by atoms with Crippen LogP contribution in [0.5, 0.6) is 0 Å². The Morgan fingerprint density at radius 1 is 1.26 bits per heavy atom. The molecular formula is C12H15N2O3PS. The van der Waals surface area contributed by atoms with Gasteiger partial charge < -0.3 is 4.62 Å². The van der Waals surface area contributed by atoms with Gasteiger partial charge in [0.25, 0.3) is 0 Å². The van der Waals surface area contributed by atoms with Gasteiger partial charge in [0.2, 0.25) is 0 Å². The fourth-order valence-electron chi connectivity index (χ4n) is 1.23. The molecule has 0 heterocycles. The second-order valence-electron chi connectivity index (χ2n) is 3.28. The van der Waals surface area contributed by atoms with E-state index < -0.39 is 6.72 Å². The summed E-state index contributed by atoms with van der Waals surface area (Å²) in [6.07, 6.45) is 0. The number of hydrogen-bond donors (Lipinski definition) is 0. The minimum Gasteiger partial charge on any atom is -0.312 e. The van der Waals surface area contributed by atoms with Crippen molar-refractivity contribution in [3.8, 4) is 6.07 Å². The van der Waals surface area contributed by atoms with E-state index in [1.54, 1.807) is 26.0 Å². The summed E-state index contributed by atoms with van der Waals surface area (Å²) < 4.78 is 15.7. The van der Waals surface area contributed by atoms with Crippen LogP contribution in [0.2, 0.25) is 0 Å². The van der Waals surface area contributed by atoms with Crippen LogP contribution in [0, 0.1) is 11.3 Å². The number of nitrogens with zero attached hydrogens (tertiary/aromatic N) is 2. The summed E-state index contributed by atoms with van der Waals surface area (Å²) in [4.78, 5) is 0. The van der Waals surface area contributed by atoms with Crippen molar-refractivity contribution in [2.45, 2.75) is 13.8 Å². The standard InChI is InChI=1S/C12H15N2O3PS/c1-3-15-18(19,16-4-2)17-14-12(10-13)11-8-6-5-7-9-11/h5-9H,3-4H2,1-2H3. The van der Waals surface area contributed by atoms with Crippen molar-refractivity contribution in [2.75, 3.05) is 13.2 Å². The molecule has 0 amide bonds. The van der Waals surface area contributed by atoms with E-state index in [-0.39, 0.29) is 5.71 Å². The third kappa shape index (κ3) is 5.09. The normalized spacial score (nSPS) is 11.9. The van der Waals surface area contributed by atoms with E-state index in [1.165, 1.54) is 0 Å². The van der Waals surface area contributed by atoms with Crippen molar-refractivity contribution in [1.29, 1.82) is 5.26 Å². The van der Waals surface area contributed by atoms with E-state index in [4.69, 9.17) is 30.7 Å². The molecule has 5 nitrogen and oxygen atoms in total. The smallest absolute Gasteiger partial charge is 0.312 e. The monoisotopic (exact) mass is 298 g/mol. The van der Waals surface area contributed by atoms with Crippen molar-refractivity contribution >= 4 is 24.2 Å². The van der Waals surface area contributed by atoms with Gasteiger partial charge in [-0.1, -0.05) is 35.5 Å². The van der Waals surface area contributed by atoms with Crippen molar-refractivity contribution in [1.82, 2.24) is 0 Å². The van der Waals surface area contributed by atoms with Crippen LogP contribution in [0.15, 0.2) is 35.5 Å². The average molecular weight is 298 g/mol. The van der Waals surface area contributed by atoms with Gasteiger partial charge in [-0.3, -0.25) is 9.05 Å². The highest BCUT2D eigenvalue weighted by Crippen LogP contribution is 2.50. The molecule has 1 rings (SSSR count). The highest BCUT2D eigenvalue weighted by molar-refractivity contribution is 8.07. The number of benzene rings is 1. The molecule has 0 bridgehead atoms. The van der Waals surface area contributed by atoms with Crippen molar-refractivity contribution < 1.29 is 13.7 Å². The Morgan fingerprint density at radius 2 is 1.84 bits per heavy atom. The number of rotatable bonds is 7. The summed E-state index contributed by atoms with van der Waals surface area (Å²) in [5.74, 6) is 0. The summed E-state index contributed by atoms with van der Waals surface area (Å²) in [6.45, 7) is 1.38. The molecule has 0 aliphatic rings. The first-order chi connectivity index (χ1) is 9.15. The quantitative estimate of drug-likeness (QED) is 0.439. The van der Waals surface area contributed by atoms with Crippen LogP contribution in [-0.2, 0) is 25.5 Å². The zero-order chi connectivity index (χ0) is 14.1. The van der Waals surface area contributed by atoms with Gasteiger partial charge in [0.05, 0.1) is 13.2 Å². The van der Waals surface area contributed by atoms with Gasteiger partial charge in [0.1, 0.15) is 6.07 Å². The van der Waals surface area contributed by atoms with Crippen LogP contribution >= 0.6 is 6.72 Å². The third-order valence-electron chi connectivity index (χ3n) is 1.96. The lowest BCUT2D eigenvalue weighted by Gasteiger charge is -2.17. The SMILES string of the molecule is CCOP(=S)(OCC)ON=C(C#N)c1ccccc1. The molecule has 102 valence electrons. The van der Waals surface area contributed by atoms with Gasteiger partial charge in [0.15, 0.2) is 5.71 Å². The predicted octanol–water partition coefficient (Wildman–Crippen LogP) is 3.23. The molecule has 19 heavy (non-hydrogen) atoms. The van der Waals surface area contributed by atoms with Crippen LogP contribution in [0.3, 0.4) is 0 Å². The molecule has 0 spiro atoms. The topological polar surface area (TPSA) is 63.8 Å². The summed E-state index contributed by atoms with van der Waals surface area (Å²) in [7, 11) is 0. The van der Waals surface area contributed by atoms with E-state index in [2.05, 4.69) is 5.16 Å². The maximum Gasteiger partial charge on any atom is 0.402 e. The minimum atomic E-state index is -2.91. The van der Waals surface area contributed by atoms with Gasteiger partial charge in [-0.15, -0.1) is 0 Å². The van der Waals surface area contributed by atoms with Gasteiger partial charge >= 0.3 is 6.72 Å². The van der Waals surface area contributed by atoms with Crippen LogP contribution < -0.4 is 0 Å². The molecule has 0 fully saturated rings. The first kappa shape index (κ1) is 15.8. The van der Waals surface area contributed by atoms with Crippen LogP contribution in [0.1, 0.15) is 19.4 Å². The van der Waals surface area contributed by atoms with Gasteiger partial charge in [0, 0.05) is 17.4 Å². The zero-order valence-electron chi connectivity index (χ0n) is 10.8. The molecule has 0 N–H and O–H groups in total. The largest absolute Gasteiger partial charge is 0.402 e. The Bertz CT molecular complexity index is 503. The molecule has 0 radical (unpaired) electrons. The van der Waals surface area contributed by atoms with E-state index in [1.807, 2.05) is 24.3 Å². The van der Waals surface area contributed by atoms with E-state index in [0.29, 0.717) is 18.8 Å². The lowest BCUT2D eigenvalue weighted by Crippen LogP contribution is -2.01. The molecule has 0 aromatic heterocycles. The Morgan fingerprint density at radius 3 is 2.32 bits per heavy atom. The molecule has 0 saturated carbocycles. The highest BCUT2D eigenvalue weighted by Gasteiger charge is 2.21. The van der Waals surface area contributed by atoms with Crippen molar-refractivity contribution in [2.24, 2.45) is 5.16 Å². The third-order valence-corrected chi connectivity index (χ3v) is 4.22. The molecule has 7 heteroatoms. The number of oxime groups is 1. The van der Waals surface area contributed by atoms with E-state index in [0.717, 1.165) is 0 Å². The predicted molar refractivity (Wildman–Crippen MR) is 77.2 cm³/mol. The zero-order valence-corrected chi connectivity index (χ0v) is 12.5. The highest BCUT2D eigenvalue weighted by atomic mass is 32.5. The van der Waals surface area contributed by atoms with Crippen molar-refractivity contribution in [3.63, 3.8) is 0 Å². The lowest BCUT2D eigenvalue weighted by atomic mass is 10.1. The van der Waals surface area contributed by atoms with Crippen LogP contribution in [0.4, 0.5) is 0 Å². The summed E-state index contributed by atoms with van der Waals surface area (Å²) in [5.41, 5.74) is 0.786. The van der Waals surface area contributed by atoms with E-state index in [9.17, 15) is 0 Å². The Labute approximate surface area is 118 Å². The first-order valence-corrected chi connectivity index (χ1v) is 8.32. The number of nitriles is 1. The molecule has 1 aromatic rings. The van der Waals surface area contributed by atoms with Crippen LogP contribution in [0.25, 0.3) is 0 Å². The number of hydrogen-bond acceptors (Lipinski definition) is 6. The fourth-order valence-corrected chi connectivity index (χ4v) is 2.94. The molecule has 0 aliphatic carbocycles. The molecule has 1 aromatic carbocycles. The average Bonchev–Trinajstić information content (AvgIpc) is 2.41. The maximum atomic E-state index is 9.07. The summed E-state index contributed by atoms with van der Waals surface area (Å²) in [5, 5.41) is 12.8. The first-order valence-electron chi connectivity index (χ1n) is 5.76. The van der Waals surface area contributed by atoms with Gasteiger partial charge in [-0.2, -0.15) is 5.26 Å². The van der Waals surface area contributed by atoms with Gasteiger partial charge in [-0.25, -0.2) is 0 Å². The van der Waals surface area contributed by atoms with Crippen LogP contribution in [-0.4, -0.2) is 18.9 Å². The molecular weight excluding hydrogens is 283 g/mol. The Hall–Kier alpha value is -1.25. The lowest BCUT2D eigenvalue weighted by molar-refractivity contribution is 0.172. The summed E-state index contributed by atoms with van der Waals surface area (Å²) in [6, 6.07) is 10.9. The fraction of sp³-hybridized carbons (Fsp3) is 0.333. The molecule has 0 aliphatic heterocycles. The minimum absolute atomic E-state index is 0.134. The Balaban J connectivity index is 2.88. The molecule has 0 saturated heterocycles. The maximum absolute atomic E-state index is 9.07. The second kappa shape index (κ2) is 8.03. The van der Waals surface area contributed by atoms with Crippen molar-refractivity contribution in [3.05, 3.63) is 35.9 Å². The summed E-state index contributed by atoms with van der Waals surface area (Å²) >= 11 is 5.14. The van der Waals surface area contributed by atoms with E-state index >= 15 is 0 Å². The molecule has 0 unspecified atom stereocenters. The Kier molecular flexibility index (Phi) is 6.68. The molecule has 0 atom stereocenters. The van der Waals surface area contributed by atoms with Gasteiger partial charge in [-0.05, 0) is 13.8 Å².